The summed E-state index contributed by atoms with van der Waals surface area (Å²) in [4.78, 5) is 22.5. The van der Waals surface area contributed by atoms with Crippen LogP contribution in [0.1, 0.15) is 30.1 Å². The molecule has 0 saturated heterocycles. The number of aromatic carboxylic acids is 1. The minimum Gasteiger partial charge on any atom is -0.478 e. The van der Waals surface area contributed by atoms with Crippen molar-refractivity contribution >= 4 is 58.1 Å². The summed E-state index contributed by atoms with van der Waals surface area (Å²) in [6.45, 7) is 1.86. The zero-order chi connectivity index (χ0) is 15.3. The lowest BCUT2D eigenvalue weighted by atomic mass is 10.2. The number of carboxylic acid groups (broad SMARTS) is 1. The number of hydrogen-bond acceptors (Lipinski definition) is 3. The van der Waals surface area contributed by atoms with E-state index < -0.39 is 5.97 Å². The number of carbonyl (C=O) groups excluding carboxylic acids is 1. The van der Waals surface area contributed by atoms with Gasteiger partial charge in [0.05, 0.1) is 16.3 Å². The molecular weight excluding hydrogens is 323 g/mol. The van der Waals surface area contributed by atoms with Crippen molar-refractivity contribution in [2.75, 3.05) is 5.32 Å². The van der Waals surface area contributed by atoms with Crippen LogP contribution < -0.4 is 10.6 Å². The topological polar surface area (TPSA) is 78.4 Å². The third kappa shape index (κ3) is 4.63. The van der Waals surface area contributed by atoms with Gasteiger partial charge < -0.3 is 15.7 Å². The fourth-order valence-corrected chi connectivity index (χ4v) is 2.19. The molecule has 0 unspecified atom stereocenters. The first-order chi connectivity index (χ1) is 9.35. The van der Waals surface area contributed by atoms with E-state index in [0.717, 1.165) is 0 Å². The Hall–Kier alpha value is -1.37. The number of hydrogen-bond donors (Lipinski definition) is 3. The number of carbonyl (C=O) groups is 2. The van der Waals surface area contributed by atoms with E-state index in [9.17, 15) is 9.59 Å². The molecule has 0 bridgehead atoms. The molecule has 0 radical (unpaired) electrons. The zero-order valence-electron chi connectivity index (χ0n) is 10.5. The summed E-state index contributed by atoms with van der Waals surface area (Å²) in [5.41, 5.74) is -0.0417. The van der Waals surface area contributed by atoms with Crippen molar-refractivity contribution in [3.8, 4) is 0 Å². The molecule has 8 heteroatoms. The van der Waals surface area contributed by atoms with E-state index >= 15 is 0 Å². The first-order valence-electron chi connectivity index (χ1n) is 5.68. The van der Waals surface area contributed by atoms with Gasteiger partial charge in [-0.25, -0.2) is 4.79 Å². The molecule has 1 aromatic carbocycles. The molecule has 0 aliphatic rings. The van der Waals surface area contributed by atoms with Crippen molar-refractivity contribution in [3.63, 3.8) is 0 Å². The summed E-state index contributed by atoms with van der Waals surface area (Å²) < 4.78 is 0. The standard InChI is InChI=1S/C12H12Cl2N2O3S/c1-2-3-9(17)15-12(20)16-10-7(11(18)19)4-6(13)5-8(10)14/h4-5H,2-3H2,1H3,(H,18,19)(H2,15,16,17,20). The summed E-state index contributed by atoms with van der Waals surface area (Å²) in [6, 6.07) is 2.63. The Kier molecular flexibility index (Phi) is 6.19. The predicted molar refractivity (Wildman–Crippen MR) is 82.7 cm³/mol. The number of halogens is 2. The Labute approximate surface area is 131 Å². The van der Waals surface area contributed by atoms with Crippen molar-refractivity contribution in [1.82, 2.24) is 5.32 Å². The van der Waals surface area contributed by atoms with Crippen LogP contribution in [-0.2, 0) is 4.79 Å². The van der Waals surface area contributed by atoms with Crippen LogP contribution >= 0.6 is 35.4 Å². The molecule has 0 aliphatic carbocycles. The second kappa shape index (κ2) is 7.42. The van der Waals surface area contributed by atoms with E-state index in [1.54, 1.807) is 0 Å². The second-order valence-corrected chi connectivity index (χ2v) is 5.12. The number of rotatable bonds is 4. The van der Waals surface area contributed by atoms with E-state index in [4.69, 9.17) is 40.5 Å². The van der Waals surface area contributed by atoms with Crippen LogP contribution in [0.15, 0.2) is 12.1 Å². The molecule has 20 heavy (non-hydrogen) atoms. The Morgan fingerprint density at radius 3 is 2.55 bits per heavy atom. The Bertz CT molecular complexity index is 564. The van der Waals surface area contributed by atoms with Crippen molar-refractivity contribution in [2.45, 2.75) is 19.8 Å². The van der Waals surface area contributed by atoms with Gasteiger partial charge in [-0.15, -0.1) is 0 Å². The normalized spacial score (nSPS) is 9.95. The van der Waals surface area contributed by atoms with E-state index in [1.807, 2.05) is 6.92 Å². The van der Waals surface area contributed by atoms with E-state index in [0.29, 0.717) is 12.8 Å². The third-order valence-corrected chi connectivity index (χ3v) is 2.97. The summed E-state index contributed by atoms with van der Waals surface area (Å²) in [7, 11) is 0. The fraction of sp³-hybridized carbons (Fsp3) is 0.250. The predicted octanol–water partition coefficient (Wildman–Crippen LogP) is 3.30. The number of nitrogens with one attached hydrogen (secondary N) is 2. The summed E-state index contributed by atoms with van der Waals surface area (Å²) in [5.74, 6) is -1.47. The van der Waals surface area contributed by atoms with Crippen molar-refractivity contribution in [1.29, 1.82) is 0 Å². The van der Waals surface area contributed by atoms with Crippen LogP contribution in [0, 0.1) is 0 Å². The van der Waals surface area contributed by atoms with Crippen molar-refractivity contribution in [3.05, 3.63) is 27.7 Å². The van der Waals surface area contributed by atoms with Gasteiger partial charge in [0.1, 0.15) is 0 Å². The zero-order valence-corrected chi connectivity index (χ0v) is 12.8. The van der Waals surface area contributed by atoms with Gasteiger partial charge in [-0.3, -0.25) is 4.79 Å². The van der Waals surface area contributed by atoms with E-state index in [2.05, 4.69) is 10.6 Å². The quantitative estimate of drug-likeness (QED) is 0.736. The highest BCUT2D eigenvalue weighted by Gasteiger charge is 2.16. The molecular formula is C12H12Cl2N2O3S. The molecule has 1 aromatic rings. The van der Waals surface area contributed by atoms with Crippen LogP contribution in [0.2, 0.25) is 10.0 Å². The van der Waals surface area contributed by atoms with Gasteiger partial charge in [-0.2, -0.15) is 0 Å². The van der Waals surface area contributed by atoms with Crippen LogP contribution in [0.4, 0.5) is 5.69 Å². The van der Waals surface area contributed by atoms with Gasteiger partial charge in [0.25, 0.3) is 0 Å². The number of amides is 1. The molecule has 0 spiro atoms. The molecule has 1 amide bonds. The van der Waals surface area contributed by atoms with E-state index in [-0.39, 0.29) is 32.3 Å². The van der Waals surface area contributed by atoms with Crippen LogP contribution in [0.3, 0.4) is 0 Å². The maximum absolute atomic E-state index is 11.4. The molecule has 0 atom stereocenters. The van der Waals surface area contributed by atoms with Gasteiger partial charge in [0.15, 0.2) is 5.11 Å². The molecule has 1 rings (SSSR count). The lowest BCUT2D eigenvalue weighted by molar-refractivity contribution is -0.119. The monoisotopic (exact) mass is 334 g/mol. The van der Waals surface area contributed by atoms with Crippen molar-refractivity contribution < 1.29 is 14.7 Å². The smallest absolute Gasteiger partial charge is 0.337 e. The lowest BCUT2D eigenvalue weighted by Crippen LogP contribution is -2.34. The molecule has 0 heterocycles. The lowest BCUT2D eigenvalue weighted by Gasteiger charge is -2.13. The van der Waals surface area contributed by atoms with Gasteiger partial charge >= 0.3 is 5.97 Å². The molecule has 108 valence electrons. The Morgan fingerprint density at radius 2 is 2.00 bits per heavy atom. The maximum Gasteiger partial charge on any atom is 0.337 e. The molecule has 0 saturated carbocycles. The Balaban J connectivity index is 2.94. The Morgan fingerprint density at radius 1 is 1.35 bits per heavy atom. The average molecular weight is 335 g/mol. The van der Waals surface area contributed by atoms with Gasteiger partial charge in [0, 0.05) is 11.4 Å². The molecule has 5 nitrogen and oxygen atoms in total. The highest BCUT2D eigenvalue weighted by atomic mass is 35.5. The summed E-state index contributed by atoms with van der Waals surface area (Å²) in [6.07, 6.45) is 0.998. The highest BCUT2D eigenvalue weighted by molar-refractivity contribution is 7.80. The average Bonchev–Trinajstić information content (AvgIpc) is 2.32. The number of carboxylic acids is 1. The van der Waals surface area contributed by atoms with Gasteiger partial charge in [-0.1, -0.05) is 30.1 Å². The highest BCUT2D eigenvalue weighted by Crippen LogP contribution is 2.30. The SMILES string of the molecule is CCCC(=O)NC(=S)Nc1c(Cl)cc(Cl)cc1C(=O)O. The first kappa shape index (κ1) is 16.7. The number of benzene rings is 1. The molecule has 0 aliphatic heterocycles. The maximum atomic E-state index is 11.4. The summed E-state index contributed by atoms with van der Waals surface area (Å²) >= 11 is 16.6. The van der Waals surface area contributed by atoms with E-state index in [1.165, 1.54) is 12.1 Å². The van der Waals surface area contributed by atoms with Crippen LogP contribution in [0.5, 0.6) is 0 Å². The van der Waals surface area contributed by atoms with Crippen molar-refractivity contribution in [2.24, 2.45) is 0 Å². The van der Waals surface area contributed by atoms with Gasteiger partial charge in [-0.05, 0) is 30.8 Å². The second-order valence-electron chi connectivity index (χ2n) is 3.87. The largest absolute Gasteiger partial charge is 0.478 e. The molecule has 0 aromatic heterocycles. The fourth-order valence-electron chi connectivity index (χ4n) is 1.43. The number of anilines is 1. The minimum absolute atomic E-state index is 0.0184. The third-order valence-electron chi connectivity index (χ3n) is 2.25. The van der Waals surface area contributed by atoms with Crippen LogP contribution in [0.25, 0.3) is 0 Å². The van der Waals surface area contributed by atoms with Gasteiger partial charge in [0.2, 0.25) is 5.91 Å². The number of thiocarbonyl (C=S) groups is 1. The summed E-state index contributed by atoms with van der Waals surface area (Å²) in [5, 5.41) is 14.4. The minimum atomic E-state index is -1.21. The molecule has 0 fully saturated rings. The first-order valence-corrected chi connectivity index (χ1v) is 6.84. The van der Waals surface area contributed by atoms with Crippen LogP contribution in [-0.4, -0.2) is 22.1 Å². The molecule has 3 N–H and O–H groups in total.